The molecule has 0 radical (unpaired) electrons. The van der Waals surface area contributed by atoms with Crippen LogP contribution in [0.4, 0.5) is 4.39 Å². The third-order valence-electron chi connectivity index (χ3n) is 5.51. The van der Waals surface area contributed by atoms with Crippen LogP contribution in [-0.4, -0.2) is 23.0 Å². The van der Waals surface area contributed by atoms with E-state index in [1.807, 2.05) is 18.2 Å². The number of fused-ring (bicyclic) bond motifs is 1. The lowest BCUT2D eigenvalue weighted by atomic mass is 10.2. The molecular weight excluding hydrogens is 593 g/mol. The molecule has 0 fully saturated rings. The fourth-order valence-corrected chi connectivity index (χ4v) is 4.47. The Morgan fingerprint density at radius 3 is 2.58 bits per heavy atom. The Morgan fingerprint density at radius 1 is 1.08 bits per heavy atom. The number of aryl methyl sites for hydroxylation is 1. The summed E-state index contributed by atoms with van der Waals surface area (Å²) in [6.45, 7) is 2.29. The van der Waals surface area contributed by atoms with E-state index in [1.54, 1.807) is 37.6 Å². The summed E-state index contributed by atoms with van der Waals surface area (Å²) in [6.07, 6.45) is 4.02. The molecule has 0 atom stereocenters. The van der Waals surface area contributed by atoms with Crippen LogP contribution in [0.2, 0.25) is 0 Å². The molecule has 0 amide bonds. The Kier molecular flexibility index (Phi) is 8.53. The molecule has 3 aromatic carbocycles. The van der Waals surface area contributed by atoms with E-state index in [0.717, 1.165) is 27.4 Å². The zero-order valence-electron chi connectivity index (χ0n) is 19.8. The molecule has 36 heavy (non-hydrogen) atoms. The van der Waals surface area contributed by atoms with E-state index in [4.69, 9.17) is 14.5 Å². The predicted molar refractivity (Wildman–Crippen MR) is 147 cm³/mol. The molecule has 0 aliphatic rings. The minimum absolute atomic E-state index is 0.201. The van der Waals surface area contributed by atoms with E-state index >= 15 is 0 Å². The van der Waals surface area contributed by atoms with Crippen LogP contribution in [0.1, 0.15) is 36.7 Å². The predicted octanol–water partition coefficient (Wildman–Crippen LogP) is 6.87. The fourth-order valence-electron chi connectivity index (χ4n) is 3.66. The van der Waals surface area contributed by atoms with Gasteiger partial charge in [-0.3, -0.25) is 4.79 Å². The van der Waals surface area contributed by atoms with Crippen molar-refractivity contribution in [3.63, 3.8) is 0 Å². The lowest BCUT2D eigenvalue weighted by Crippen LogP contribution is -2.22. The molecule has 0 unspecified atom stereocenters. The SMILES string of the molecule is CCCCc1nc2ccc(Br)cc2c(=O)n1N=Cc1cc(Br)cc(OC)c1OCc1ccc(F)cc1. The van der Waals surface area contributed by atoms with E-state index < -0.39 is 0 Å². The number of rotatable bonds is 9. The number of hydrogen-bond donors (Lipinski definition) is 0. The van der Waals surface area contributed by atoms with Crippen molar-refractivity contribution < 1.29 is 13.9 Å². The number of ether oxygens (including phenoxy) is 2. The van der Waals surface area contributed by atoms with Crippen molar-refractivity contribution in [2.45, 2.75) is 32.8 Å². The van der Waals surface area contributed by atoms with Gasteiger partial charge >= 0.3 is 0 Å². The highest BCUT2D eigenvalue weighted by molar-refractivity contribution is 9.10. The van der Waals surface area contributed by atoms with Crippen molar-refractivity contribution in [3.8, 4) is 11.5 Å². The molecule has 0 spiro atoms. The van der Waals surface area contributed by atoms with Crippen LogP contribution in [-0.2, 0) is 13.0 Å². The van der Waals surface area contributed by atoms with E-state index in [-0.39, 0.29) is 18.0 Å². The summed E-state index contributed by atoms with van der Waals surface area (Å²) in [5, 5.41) is 5.02. The van der Waals surface area contributed by atoms with Gasteiger partial charge in [-0.25, -0.2) is 9.37 Å². The summed E-state index contributed by atoms with van der Waals surface area (Å²) < 4.78 is 27.8. The molecule has 9 heteroatoms. The first-order chi connectivity index (χ1) is 17.4. The van der Waals surface area contributed by atoms with E-state index in [0.29, 0.717) is 40.2 Å². The standard InChI is InChI=1S/C27H24Br2FN3O3/c1-3-4-5-25-32-23-11-8-19(28)13-22(23)27(34)33(25)31-15-18-12-20(29)14-24(35-2)26(18)36-16-17-6-9-21(30)10-7-17/h6-15H,3-5,16H2,1-2H3. The smallest absolute Gasteiger partial charge is 0.282 e. The van der Waals surface area contributed by atoms with Gasteiger partial charge in [0.15, 0.2) is 11.5 Å². The van der Waals surface area contributed by atoms with Gasteiger partial charge in [0.25, 0.3) is 5.56 Å². The van der Waals surface area contributed by atoms with Crippen molar-refractivity contribution in [1.29, 1.82) is 0 Å². The molecule has 6 nitrogen and oxygen atoms in total. The van der Waals surface area contributed by atoms with Crippen LogP contribution < -0.4 is 15.0 Å². The molecule has 4 aromatic rings. The quantitative estimate of drug-likeness (QED) is 0.192. The fraction of sp³-hybridized carbons (Fsp3) is 0.222. The second-order valence-corrected chi connectivity index (χ2v) is 9.93. The molecule has 0 N–H and O–H groups in total. The number of nitrogens with zero attached hydrogens (tertiary/aromatic N) is 3. The van der Waals surface area contributed by atoms with Gasteiger partial charge in [-0.1, -0.05) is 57.3 Å². The van der Waals surface area contributed by atoms with Crippen LogP contribution in [0.25, 0.3) is 10.9 Å². The second-order valence-electron chi connectivity index (χ2n) is 8.10. The molecule has 0 saturated carbocycles. The highest BCUT2D eigenvalue weighted by atomic mass is 79.9. The average Bonchev–Trinajstić information content (AvgIpc) is 2.87. The number of benzene rings is 3. The first kappa shape index (κ1) is 26.0. The molecule has 1 aromatic heterocycles. The van der Waals surface area contributed by atoms with Crippen LogP contribution in [0.5, 0.6) is 11.5 Å². The molecule has 0 saturated heterocycles. The van der Waals surface area contributed by atoms with Gasteiger partial charge in [0, 0.05) is 20.9 Å². The van der Waals surface area contributed by atoms with Gasteiger partial charge in [0.2, 0.25) is 0 Å². The molecule has 0 aliphatic carbocycles. The van der Waals surface area contributed by atoms with Gasteiger partial charge in [-0.05, 0) is 54.4 Å². The molecule has 1 heterocycles. The Balaban J connectivity index is 1.77. The first-order valence-corrected chi connectivity index (χ1v) is 13.0. The number of aromatic nitrogens is 2. The largest absolute Gasteiger partial charge is 0.493 e. The van der Waals surface area contributed by atoms with Crippen molar-refractivity contribution >= 4 is 49.0 Å². The third-order valence-corrected chi connectivity index (χ3v) is 6.46. The minimum atomic E-state index is -0.312. The number of halogens is 3. The zero-order chi connectivity index (χ0) is 25.7. The van der Waals surface area contributed by atoms with Crippen molar-refractivity contribution in [2.75, 3.05) is 7.11 Å². The summed E-state index contributed by atoms with van der Waals surface area (Å²) in [6, 6.07) is 15.1. The summed E-state index contributed by atoms with van der Waals surface area (Å²) in [5.41, 5.74) is 1.78. The summed E-state index contributed by atoms with van der Waals surface area (Å²) in [7, 11) is 1.55. The van der Waals surface area contributed by atoms with Gasteiger partial charge in [-0.15, -0.1) is 0 Å². The lowest BCUT2D eigenvalue weighted by Gasteiger charge is -2.14. The summed E-state index contributed by atoms with van der Waals surface area (Å²) in [5.74, 6) is 1.22. The Bertz CT molecular complexity index is 1470. The first-order valence-electron chi connectivity index (χ1n) is 11.4. The van der Waals surface area contributed by atoms with Crippen molar-refractivity contribution in [1.82, 2.24) is 9.66 Å². The number of hydrogen-bond acceptors (Lipinski definition) is 5. The van der Waals surface area contributed by atoms with Crippen LogP contribution in [0, 0.1) is 5.82 Å². The molecule has 4 rings (SSSR count). The van der Waals surface area contributed by atoms with Crippen LogP contribution in [0.3, 0.4) is 0 Å². The summed E-state index contributed by atoms with van der Waals surface area (Å²) >= 11 is 6.93. The Hall–Kier alpha value is -3.04. The van der Waals surface area contributed by atoms with Gasteiger partial charge < -0.3 is 9.47 Å². The van der Waals surface area contributed by atoms with Crippen LogP contribution >= 0.6 is 31.9 Å². The maximum absolute atomic E-state index is 13.4. The monoisotopic (exact) mass is 615 g/mol. The number of unbranched alkanes of at least 4 members (excludes halogenated alkanes) is 1. The summed E-state index contributed by atoms with van der Waals surface area (Å²) in [4.78, 5) is 18.1. The van der Waals surface area contributed by atoms with Crippen molar-refractivity contribution in [3.05, 3.63) is 96.7 Å². The maximum atomic E-state index is 13.4. The zero-order valence-corrected chi connectivity index (χ0v) is 23.0. The van der Waals surface area contributed by atoms with E-state index in [2.05, 4.69) is 43.9 Å². The average molecular weight is 617 g/mol. The minimum Gasteiger partial charge on any atom is -0.493 e. The van der Waals surface area contributed by atoms with Gasteiger partial charge in [0.05, 0.1) is 24.2 Å². The third kappa shape index (κ3) is 6.02. The second kappa shape index (κ2) is 11.8. The highest BCUT2D eigenvalue weighted by Gasteiger charge is 2.14. The topological polar surface area (TPSA) is 65.7 Å². The number of methoxy groups -OCH3 is 1. The maximum Gasteiger partial charge on any atom is 0.282 e. The van der Waals surface area contributed by atoms with E-state index in [1.165, 1.54) is 16.8 Å². The lowest BCUT2D eigenvalue weighted by molar-refractivity contribution is 0.284. The van der Waals surface area contributed by atoms with Gasteiger partial charge in [-0.2, -0.15) is 9.78 Å². The normalized spacial score (nSPS) is 11.4. The Labute approximate surface area is 225 Å². The van der Waals surface area contributed by atoms with Crippen molar-refractivity contribution in [2.24, 2.45) is 5.10 Å². The van der Waals surface area contributed by atoms with Crippen LogP contribution in [0.15, 0.2) is 73.4 Å². The molecule has 0 aliphatic heterocycles. The highest BCUT2D eigenvalue weighted by Crippen LogP contribution is 2.34. The Morgan fingerprint density at radius 2 is 1.86 bits per heavy atom. The van der Waals surface area contributed by atoms with Gasteiger partial charge in [0.1, 0.15) is 18.2 Å². The molecule has 0 bridgehead atoms. The molecular formula is C27H24Br2FN3O3. The van der Waals surface area contributed by atoms with E-state index in [9.17, 15) is 9.18 Å². The molecule has 186 valence electrons.